The molecule has 2 aromatic rings. The van der Waals surface area contributed by atoms with E-state index in [1.165, 1.54) is 30.3 Å². The van der Waals surface area contributed by atoms with Gasteiger partial charge >= 0.3 is 12.3 Å². The van der Waals surface area contributed by atoms with Crippen molar-refractivity contribution in [3.05, 3.63) is 51.8 Å². The second-order valence-electron chi connectivity index (χ2n) is 5.89. The Kier molecular flexibility index (Phi) is 7.60. The molecule has 1 N–H and O–H groups in total. The van der Waals surface area contributed by atoms with Crippen LogP contribution < -0.4 is 4.74 Å². The Morgan fingerprint density at radius 3 is 2.41 bits per heavy atom. The first kappa shape index (κ1) is 22.7. The lowest BCUT2D eigenvalue weighted by atomic mass is 10.1. The molecule has 0 bridgehead atoms. The Balaban J connectivity index is 2.14. The van der Waals surface area contributed by atoms with Crippen LogP contribution in [0.5, 0.6) is 11.5 Å². The van der Waals surface area contributed by atoms with Gasteiger partial charge in [0.15, 0.2) is 11.5 Å². The molecule has 0 fully saturated rings. The summed E-state index contributed by atoms with van der Waals surface area (Å²) in [6.07, 6.45) is -4.90. The lowest BCUT2D eigenvalue weighted by Gasteiger charge is -2.10. The number of alkyl halides is 3. The van der Waals surface area contributed by atoms with Gasteiger partial charge in [0.1, 0.15) is 11.4 Å². The van der Waals surface area contributed by atoms with Crippen molar-refractivity contribution in [2.24, 2.45) is 0 Å². The van der Waals surface area contributed by atoms with E-state index < -0.39 is 18.1 Å². The maximum Gasteiger partial charge on any atom is 0.573 e. The largest absolute Gasteiger partial charge is 0.573 e. The smallest absolute Gasteiger partial charge is 0.504 e. The number of hydrogen-bond acceptors (Lipinski definition) is 6. The van der Waals surface area contributed by atoms with Gasteiger partial charge in [-0.1, -0.05) is 12.1 Å². The van der Waals surface area contributed by atoms with Crippen molar-refractivity contribution in [3.63, 3.8) is 0 Å². The monoisotopic (exact) mass is 475 g/mol. The van der Waals surface area contributed by atoms with Crippen LogP contribution in [0.15, 0.2) is 34.8 Å². The minimum absolute atomic E-state index is 0.143. The van der Waals surface area contributed by atoms with Crippen molar-refractivity contribution in [1.29, 1.82) is 0 Å². The van der Waals surface area contributed by atoms with E-state index in [1.807, 2.05) is 0 Å². The van der Waals surface area contributed by atoms with E-state index in [0.29, 0.717) is 11.3 Å². The molecule has 0 aliphatic heterocycles. The van der Waals surface area contributed by atoms with Gasteiger partial charge in [0, 0.05) is 18.5 Å². The van der Waals surface area contributed by atoms with Crippen LogP contribution in [0.4, 0.5) is 13.2 Å². The molecule has 0 aliphatic carbocycles. The van der Waals surface area contributed by atoms with Crippen molar-refractivity contribution in [1.82, 2.24) is 4.98 Å². The molecule has 156 valence electrons. The van der Waals surface area contributed by atoms with Crippen LogP contribution in [0.2, 0.25) is 0 Å². The quantitative estimate of drug-likeness (QED) is 0.444. The number of esters is 1. The summed E-state index contributed by atoms with van der Waals surface area (Å²) in [4.78, 5) is 27.9. The normalized spacial score (nSPS) is 11.2. The fraction of sp³-hybridized carbons (Fsp3) is 0.316. The first-order chi connectivity index (χ1) is 13.6. The average molecular weight is 476 g/mol. The molecule has 0 aliphatic rings. The number of pyridine rings is 1. The SMILES string of the molecule is CCOC(=O)CCC(=O)c1nc(Cc2ccc(OC(F)(F)F)cc2)cc(Br)c1O. The Bertz CT molecular complexity index is 885. The summed E-state index contributed by atoms with van der Waals surface area (Å²) < 4.78 is 45.5. The van der Waals surface area contributed by atoms with Crippen molar-refractivity contribution in [2.75, 3.05) is 6.61 Å². The number of aromatic hydroxyl groups is 1. The number of aromatic nitrogens is 1. The van der Waals surface area contributed by atoms with Crippen LogP contribution in [-0.2, 0) is 16.0 Å². The van der Waals surface area contributed by atoms with Crippen molar-refractivity contribution in [3.8, 4) is 11.5 Å². The number of ether oxygens (including phenoxy) is 2. The van der Waals surface area contributed by atoms with Crippen molar-refractivity contribution >= 4 is 27.7 Å². The minimum atomic E-state index is -4.77. The zero-order chi connectivity index (χ0) is 21.6. The first-order valence-corrected chi connectivity index (χ1v) is 9.30. The number of benzene rings is 1. The number of nitrogens with zero attached hydrogens (tertiary/aromatic N) is 1. The van der Waals surface area contributed by atoms with Crippen LogP contribution in [0.3, 0.4) is 0 Å². The summed E-state index contributed by atoms with van der Waals surface area (Å²) in [6.45, 7) is 1.85. The third kappa shape index (κ3) is 7.04. The van der Waals surface area contributed by atoms with Gasteiger partial charge in [-0.2, -0.15) is 0 Å². The van der Waals surface area contributed by atoms with Gasteiger partial charge < -0.3 is 14.6 Å². The van der Waals surface area contributed by atoms with Gasteiger partial charge in [-0.25, -0.2) is 4.98 Å². The Hall–Kier alpha value is -2.62. The standard InChI is InChI=1S/C19H17BrF3NO5/c1-2-28-16(26)8-7-15(25)17-18(27)14(20)10-12(24-17)9-11-3-5-13(6-4-11)29-19(21,22)23/h3-6,10,27H,2,7-9H2,1H3. The van der Waals surface area contributed by atoms with Crippen molar-refractivity contribution < 1.29 is 37.3 Å². The highest BCUT2D eigenvalue weighted by molar-refractivity contribution is 9.10. The maximum atomic E-state index is 12.3. The molecule has 0 spiro atoms. The van der Waals surface area contributed by atoms with E-state index >= 15 is 0 Å². The molecule has 0 atom stereocenters. The summed E-state index contributed by atoms with van der Waals surface area (Å²) in [6, 6.07) is 6.71. The van der Waals surface area contributed by atoms with E-state index in [9.17, 15) is 27.9 Å². The summed E-state index contributed by atoms with van der Waals surface area (Å²) in [5, 5.41) is 10.1. The zero-order valence-electron chi connectivity index (χ0n) is 15.3. The fourth-order valence-corrected chi connectivity index (χ4v) is 2.88. The average Bonchev–Trinajstić information content (AvgIpc) is 2.63. The summed E-state index contributed by atoms with van der Waals surface area (Å²) in [5.41, 5.74) is 0.823. The Morgan fingerprint density at radius 2 is 1.83 bits per heavy atom. The molecule has 0 radical (unpaired) electrons. The highest BCUT2D eigenvalue weighted by Gasteiger charge is 2.31. The van der Waals surface area contributed by atoms with Gasteiger partial charge in [0.2, 0.25) is 0 Å². The maximum absolute atomic E-state index is 12.3. The highest BCUT2D eigenvalue weighted by Crippen LogP contribution is 2.30. The molecule has 2 rings (SSSR count). The van der Waals surface area contributed by atoms with E-state index in [-0.39, 0.29) is 47.5 Å². The van der Waals surface area contributed by atoms with Crippen LogP contribution in [-0.4, -0.2) is 34.8 Å². The van der Waals surface area contributed by atoms with Gasteiger partial charge in [-0.05, 0) is 46.6 Å². The molecule has 0 amide bonds. The molecule has 1 aromatic carbocycles. The molecule has 0 saturated heterocycles. The van der Waals surface area contributed by atoms with Gasteiger partial charge in [0.05, 0.1) is 17.5 Å². The Morgan fingerprint density at radius 1 is 1.17 bits per heavy atom. The number of Topliss-reactive ketones (excluding diaryl/α,β-unsaturated/α-hetero) is 1. The molecule has 6 nitrogen and oxygen atoms in total. The van der Waals surface area contributed by atoms with Gasteiger partial charge in [-0.15, -0.1) is 13.2 Å². The molecule has 0 unspecified atom stereocenters. The summed E-state index contributed by atoms with van der Waals surface area (Å²) in [5.74, 6) is -1.77. The van der Waals surface area contributed by atoms with E-state index in [4.69, 9.17) is 4.74 Å². The molecule has 1 heterocycles. The molecule has 0 saturated carbocycles. The number of hydrogen-bond donors (Lipinski definition) is 1. The van der Waals surface area contributed by atoms with E-state index in [0.717, 1.165) is 0 Å². The van der Waals surface area contributed by atoms with Crippen LogP contribution >= 0.6 is 15.9 Å². The number of carbonyl (C=O) groups is 2. The third-order valence-corrected chi connectivity index (χ3v) is 4.27. The molecule has 10 heteroatoms. The second-order valence-corrected chi connectivity index (χ2v) is 6.74. The first-order valence-electron chi connectivity index (χ1n) is 8.51. The molecule has 29 heavy (non-hydrogen) atoms. The molecular formula is C19H17BrF3NO5. The van der Waals surface area contributed by atoms with Crippen molar-refractivity contribution in [2.45, 2.75) is 32.5 Å². The summed E-state index contributed by atoms with van der Waals surface area (Å²) >= 11 is 3.15. The second kappa shape index (κ2) is 9.73. The Labute approximate surface area is 172 Å². The number of rotatable bonds is 8. The topological polar surface area (TPSA) is 85.7 Å². The number of ketones is 1. The predicted octanol–water partition coefficient (Wildman–Crippen LogP) is 4.57. The van der Waals surface area contributed by atoms with Gasteiger partial charge in [-0.3, -0.25) is 9.59 Å². The predicted molar refractivity (Wildman–Crippen MR) is 99.7 cm³/mol. The molecular weight excluding hydrogens is 459 g/mol. The number of carbonyl (C=O) groups excluding carboxylic acids is 2. The van der Waals surface area contributed by atoms with E-state index in [2.05, 4.69) is 25.7 Å². The van der Waals surface area contributed by atoms with Crippen LogP contribution in [0.25, 0.3) is 0 Å². The number of halogens is 4. The summed E-state index contributed by atoms with van der Waals surface area (Å²) in [7, 11) is 0. The highest BCUT2D eigenvalue weighted by atomic mass is 79.9. The minimum Gasteiger partial charge on any atom is -0.504 e. The third-order valence-electron chi connectivity index (χ3n) is 3.67. The van der Waals surface area contributed by atoms with Gasteiger partial charge in [0.25, 0.3) is 0 Å². The zero-order valence-corrected chi connectivity index (χ0v) is 16.8. The van der Waals surface area contributed by atoms with Crippen LogP contribution in [0, 0.1) is 0 Å². The lowest BCUT2D eigenvalue weighted by molar-refractivity contribution is -0.274. The fourth-order valence-electron chi connectivity index (χ4n) is 2.43. The van der Waals surface area contributed by atoms with Crippen LogP contribution in [0.1, 0.15) is 41.5 Å². The lowest BCUT2D eigenvalue weighted by Crippen LogP contribution is -2.17. The molecule has 1 aromatic heterocycles. The van der Waals surface area contributed by atoms with E-state index in [1.54, 1.807) is 6.92 Å².